The molecule has 0 aromatic carbocycles. The highest BCUT2D eigenvalue weighted by molar-refractivity contribution is 5.66. The molecule has 0 aromatic heterocycles. The van der Waals surface area contributed by atoms with Crippen LogP contribution < -0.4 is 0 Å². The number of rotatable bonds is 29. The molecule has 2 N–H and O–H groups in total. The molecule has 0 fully saturated rings. The lowest BCUT2D eigenvalue weighted by Gasteiger charge is -2.08. The number of aliphatic hydroxyl groups excluding tert-OH is 1. The van der Waals surface area contributed by atoms with E-state index in [4.69, 9.17) is 52.8 Å². The van der Waals surface area contributed by atoms with Crippen LogP contribution in [0.3, 0.4) is 0 Å². The number of carbonyl (C=O) groups is 1. The van der Waals surface area contributed by atoms with Crippen LogP contribution in [-0.4, -0.2) is 142 Å². The third-order valence-electron chi connectivity index (χ3n) is 3.67. The molecular formula is C21H42O12. The van der Waals surface area contributed by atoms with Gasteiger partial charge >= 0.3 is 5.97 Å². The number of ether oxygens (including phenoxy) is 9. The minimum absolute atomic E-state index is 0.0000516. The summed E-state index contributed by atoms with van der Waals surface area (Å²) in [5.41, 5.74) is 0. The molecule has 0 aromatic rings. The normalized spacial score (nSPS) is 11.3. The summed E-state index contributed by atoms with van der Waals surface area (Å²) < 4.78 is 47.7. The van der Waals surface area contributed by atoms with E-state index in [1.54, 1.807) is 0 Å². The molecule has 0 atom stereocenters. The first-order chi connectivity index (χ1) is 16.3. The van der Waals surface area contributed by atoms with Gasteiger partial charge in [-0.1, -0.05) is 0 Å². The highest BCUT2D eigenvalue weighted by Gasteiger charge is 1.97. The highest BCUT2D eigenvalue weighted by Crippen LogP contribution is 1.87. The Morgan fingerprint density at radius 2 is 0.606 bits per heavy atom. The summed E-state index contributed by atoms with van der Waals surface area (Å²) in [5, 5.41) is 17.0. The Hall–Kier alpha value is -0.930. The summed E-state index contributed by atoms with van der Waals surface area (Å²) in [4.78, 5) is 10.3. The number of hydrogen-bond acceptors (Lipinski definition) is 11. The molecule has 0 saturated heterocycles. The molecule has 0 aliphatic carbocycles. The number of carboxylic acids is 1. The quantitative estimate of drug-likeness (QED) is 0.133. The van der Waals surface area contributed by atoms with Crippen molar-refractivity contribution in [2.45, 2.75) is 6.42 Å². The third-order valence-corrected chi connectivity index (χ3v) is 3.67. The zero-order chi connectivity index (χ0) is 24.1. The number of aliphatic hydroxyl groups is 1. The third kappa shape index (κ3) is 31.1. The van der Waals surface area contributed by atoms with Crippen LogP contribution in [0.1, 0.15) is 6.42 Å². The van der Waals surface area contributed by atoms with Crippen LogP contribution in [0.2, 0.25) is 0 Å². The minimum Gasteiger partial charge on any atom is -0.481 e. The van der Waals surface area contributed by atoms with Crippen molar-refractivity contribution in [2.24, 2.45) is 0 Å². The Kier molecular flexibility index (Phi) is 28.3. The largest absolute Gasteiger partial charge is 0.481 e. The molecule has 0 saturated carbocycles. The average Bonchev–Trinajstić information content (AvgIpc) is 2.80. The Morgan fingerprint density at radius 3 is 0.818 bits per heavy atom. The van der Waals surface area contributed by atoms with Crippen molar-refractivity contribution < 1.29 is 57.6 Å². The van der Waals surface area contributed by atoms with Crippen molar-refractivity contribution in [3.05, 3.63) is 0 Å². The van der Waals surface area contributed by atoms with Crippen LogP contribution in [-0.2, 0) is 47.4 Å². The molecule has 0 spiro atoms. The van der Waals surface area contributed by atoms with E-state index < -0.39 is 5.97 Å². The van der Waals surface area contributed by atoms with Crippen molar-refractivity contribution in [1.82, 2.24) is 0 Å². The molecule has 0 aliphatic heterocycles. The van der Waals surface area contributed by atoms with Gasteiger partial charge in [0.15, 0.2) is 0 Å². The summed E-state index contributed by atoms with van der Waals surface area (Å²) >= 11 is 0. The van der Waals surface area contributed by atoms with Gasteiger partial charge in [0.2, 0.25) is 0 Å². The van der Waals surface area contributed by atoms with E-state index in [1.807, 2.05) is 0 Å². The molecular weight excluding hydrogens is 444 g/mol. The van der Waals surface area contributed by atoms with Crippen LogP contribution in [0.15, 0.2) is 0 Å². The van der Waals surface area contributed by atoms with Crippen molar-refractivity contribution in [3.8, 4) is 0 Å². The van der Waals surface area contributed by atoms with Crippen LogP contribution in [0.25, 0.3) is 0 Å². The first-order valence-corrected chi connectivity index (χ1v) is 11.3. The van der Waals surface area contributed by atoms with Crippen molar-refractivity contribution in [2.75, 3.05) is 126 Å². The Labute approximate surface area is 196 Å². The van der Waals surface area contributed by atoms with E-state index in [0.29, 0.717) is 112 Å². The van der Waals surface area contributed by atoms with E-state index in [0.717, 1.165) is 0 Å². The Balaban J connectivity index is 3.01. The number of carboxylic acid groups (broad SMARTS) is 1. The lowest BCUT2D eigenvalue weighted by Crippen LogP contribution is -2.15. The van der Waals surface area contributed by atoms with Gasteiger partial charge in [-0.15, -0.1) is 0 Å². The fourth-order valence-corrected chi connectivity index (χ4v) is 2.09. The summed E-state index contributed by atoms with van der Waals surface area (Å²) in [6, 6.07) is 0. The lowest BCUT2D eigenvalue weighted by atomic mass is 10.5. The Morgan fingerprint density at radius 1 is 0.394 bits per heavy atom. The molecule has 33 heavy (non-hydrogen) atoms. The summed E-state index contributed by atoms with van der Waals surface area (Å²) in [6.07, 6.45) is 0.0000516. The Bertz CT molecular complexity index is 386. The van der Waals surface area contributed by atoms with Gasteiger partial charge in [-0.05, 0) is 0 Å². The van der Waals surface area contributed by atoms with Crippen LogP contribution >= 0.6 is 0 Å². The van der Waals surface area contributed by atoms with Crippen molar-refractivity contribution >= 4 is 5.97 Å². The smallest absolute Gasteiger partial charge is 0.305 e. The van der Waals surface area contributed by atoms with Gasteiger partial charge in [0.05, 0.1) is 132 Å². The second-order valence-electron chi connectivity index (χ2n) is 6.38. The molecule has 0 radical (unpaired) electrons. The van der Waals surface area contributed by atoms with Crippen molar-refractivity contribution in [3.63, 3.8) is 0 Å². The second-order valence-corrected chi connectivity index (χ2v) is 6.38. The summed E-state index contributed by atoms with van der Waals surface area (Å²) in [7, 11) is 0. The zero-order valence-corrected chi connectivity index (χ0v) is 19.6. The van der Waals surface area contributed by atoms with E-state index in [2.05, 4.69) is 0 Å². The second kappa shape index (κ2) is 29.1. The minimum atomic E-state index is -0.873. The molecule has 0 bridgehead atoms. The molecule has 0 aliphatic rings. The highest BCUT2D eigenvalue weighted by atomic mass is 16.6. The standard InChI is InChI=1S/C21H42O12/c22-2-4-26-6-8-28-10-12-30-14-16-32-18-20-33-19-17-31-15-13-29-11-9-27-7-5-25-3-1-21(23)24/h22H,1-20H2,(H,23,24). The fourth-order valence-electron chi connectivity index (χ4n) is 2.09. The topological polar surface area (TPSA) is 141 Å². The SMILES string of the molecule is O=C(O)CCOCCOCCOCCOCCOCCOCCOCCOCCOCCO. The molecule has 198 valence electrons. The maximum absolute atomic E-state index is 10.3. The van der Waals surface area contributed by atoms with E-state index in [9.17, 15) is 4.79 Å². The van der Waals surface area contributed by atoms with E-state index in [1.165, 1.54) is 0 Å². The zero-order valence-electron chi connectivity index (χ0n) is 19.6. The molecule has 0 amide bonds. The molecule has 12 nitrogen and oxygen atoms in total. The molecule has 0 unspecified atom stereocenters. The van der Waals surface area contributed by atoms with Crippen LogP contribution in [0, 0.1) is 0 Å². The predicted octanol–water partition coefficient (Wildman–Crippen LogP) is -0.397. The van der Waals surface area contributed by atoms with Crippen LogP contribution in [0.5, 0.6) is 0 Å². The fraction of sp³-hybridized carbons (Fsp3) is 0.952. The van der Waals surface area contributed by atoms with Gasteiger partial charge in [0, 0.05) is 0 Å². The molecule has 12 heteroatoms. The molecule has 0 heterocycles. The van der Waals surface area contributed by atoms with Gasteiger partial charge < -0.3 is 52.8 Å². The number of hydrogen-bond donors (Lipinski definition) is 2. The molecule has 0 rings (SSSR count). The maximum atomic E-state index is 10.3. The maximum Gasteiger partial charge on any atom is 0.305 e. The first-order valence-electron chi connectivity index (χ1n) is 11.3. The van der Waals surface area contributed by atoms with E-state index in [-0.39, 0.29) is 19.6 Å². The van der Waals surface area contributed by atoms with Crippen molar-refractivity contribution in [1.29, 1.82) is 0 Å². The summed E-state index contributed by atoms with van der Waals surface area (Å²) in [5.74, 6) is -0.873. The monoisotopic (exact) mass is 486 g/mol. The number of aliphatic carboxylic acids is 1. The summed E-state index contributed by atoms with van der Waals surface area (Å²) in [6.45, 7) is 8.11. The van der Waals surface area contributed by atoms with Gasteiger partial charge in [-0.2, -0.15) is 0 Å². The van der Waals surface area contributed by atoms with Gasteiger partial charge in [0.25, 0.3) is 0 Å². The van der Waals surface area contributed by atoms with Gasteiger partial charge in [-0.3, -0.25) is 4.79 Å². The van der Waals surface area contributed by atoms with E-state index >= 15 is 0 Å². The predicted molar refractivity (Wildman–Crippen MR) is 117 cm³/mol. The lowest BCUT2D eigenvalue weighted by molar-refractivity contribution is -0.138. The average molecular weight is 487 g/mol. The van der Waals surface area contributed by atoms with Gasteiger partial charge in [0.1, 0.15) is 0 Å². The van der Waals surface area contributed by atoms with Gasteiger partial charge in [-0.25, -0.2) is 0 Å². The first kappa shape index (κ1) is 32.1. The van der Waals surface area contributed by atoms with Crippen LogP contribution in [0.4, 0.5) is 0 Å².